The summed E-state index contributed by atoms with van der Waals surface area (Å²) in [4.78, 5) is 16.6. The van der Waals surface area contributed by atoms with Gasteiger partial charge in [-0.2, -0.15) is 0 Å². The lowest BCUT2D eigenvalue weighted by Gasteiger charge is -2.34. The summed E-state index contributed by atoms with van der Waals surface area (Å²) in [5.74, 6) is 0.136. The molecular weight excluding hydrogens is 290 g/mol. The number of nitrogens with zero attached hydrogens (tertiary/aromatic N) is 2. The molecule has 0 saturated carbocycles. The van der Waals surface area contributed by atoms with Gasteiger partial charge in [0.25, 0.3) is 0 Å². The summed E-state index contributed by atoms with van der Waals surface area (Å²) in [6, 6.07) is 10.1. The van der Waals surface area contributed by atoms with Crippen LogP contribution in [0.15, 0.2) is 30.3 Å². The van der Waals surface area contributed by atoms with E-state index in [1.54, 1.807) is 6.92 Å². The van der Waals surface area contributed by atoms with E-state index in [0.717, 1.165) is 38.3 Å². The number of nitrogens with one attached hydrogen (secondary N) is 1. The molecule has 1 aliphatic heterocycles. The highest BCUT2D eigenvalue weighted by atomic mass is 16.3. The fourth-order valence-corrected chi connectivity index (χ4v) is 3.06. The fourth-order valence-electron chi connectivity index (χ4n) is 3.06. The molecule has 1 aromatic carbocycles. The van der Waals surface area contributed by atoms with Crippen molar-refractivity contribution in [1.29, 1.82) is 0 Å². The number of amides is 2. The summed E-state index contributed by atoms with van der Waals surface area (Å²) in [5.41, 5.74) is 1.16. The molecule has 0 aliphatic carbocycles. The lowest BCUT2D eigenvalue weighted by atomic mass is 9.93. The largest absolute Gasteiger partial charge is 0.393 e. The van der Waals surface area contributed by atoms with Crippen LogP contribution in [0.1, 0.15) is 31.7 Å². The molecule has 1 aromatic rings. The first-order valence-corrected chi connectivity index (χ1v) is 8.58. The molecule has 1 saturated heterocycles. The van der Waals surface area contributed by atoms with Gasteiger partial charge in [-0.1, -0.05) is 37.3 Å². The molecule has 0 radical (unpaired) electrons. The third-order valence-electron chi connectivity index (χ3n) is 4.50. The lowest BCUT2D eigenvalue weighted by molar-refractivity contribution is 0.141. The monoisotopic (exact) mass is 319 g/mol. The molecule has 23 heavy (non-hydrogen) atoms. The number of carbonyl (C=O) groups excluding carboxylic acids is 1. The maximum Gasteiger partial charge on any atom is 0.317 e. The standard InChI is InChI=1S/C18H29N3O2/c1-3-20-9-11-21(12-10-20)18(23)19-14-17(13-15(2)22)16-7-5-4-6-8-16/h4-8,15,17,22H,3,9-14H2,1-2H3,(H,19,23)/t15-,17+/m0/s1. The van der Waals surface area contributed by atoms with Gasteiger partial charge in [0, 0.05) is 38.6 Å². The molecule has 0 unspecified atom stereocenters. The maximum atomic E-state index is 12.3. The van der Waals surface area contributed by atoms with Crippen molar-refractivity contribution in [3.8, 4) is 0 Å². The van der Waals surface area contributed by atoms with Gasteiger partial charge in [-0.05, 0) is 25.5 Å². The highest BCUT2D eigenvalue weighted by Gasteiger charge is 2.21. The second-order valence-electron chi connectivity index (χ2n) is 6.30. The molecule has 128 valence electrons. The first-order valence-electron chi connectivity index (χ1n) is 8.58. The van der Waals surface area contributed by atoms with Crippen LogP contribution in [-0.2, 0) is 0 Å². The van der Waals surface area contributed by atoms with Gasteiger partial charge in [0.2, 0.25) is 0 Å². The van der Waals surface area contributed by atoms with E-state index in [4.69, 9.17) is 0 Å². The number of benzene rings is 1. The summed E-state index contributed by atoms with van der Waals surface area (Å²) in [5, 5.41) is 12.8. The number of carbonyl (C=O) groups is 1. The summed E-state index contributed by atoms with van der Waals surface area (Å²) in [6.45, 7) is 9.00. The van der Waals surface area contributed by atoms with Crippen molar-refractivity contribution >= 4 is 6.03 Å². The van der Waals surface area contributed by atoms with Gasteiger partial charge in [0.05, 0.1) is 6.10 Å². The van der Waals surface area contributed by atoms with Crippen LogP contribution in [0, 0.1) is 0 Å². The Kier molecular flexibility index (Phi) is 6.86. The van der Waals surface area contributed by atoms with E-state index in [2.05, 4.69) is 29.3 Å². The summed E-state index contributed by atoms with van der Waals surface area (Å²) < 4.78 is 0. The van der Waals surface area contributed by atoms with E-state index in [0.29, 0.717) is 13.0 Å². The summed E-state index contributed by atoms with van der Waals surface area (Å²) in [6.07, 6.45) is 0.263. The second-order valence-corrected chi connectivity index (χ2v) is 6.30. The van der Waals surface area contributed by atoms with Crippen molar-refractivity contribution in [3.63, 3.8) is 0 Å². The van der Waals surface area contributed by atoms with Crippen molar-refractivity contribution in [1.82, 2.24) is 15.1 Å². The van der Waals surface area contributed by atoms with Gasteiger partial charge in [-0.15, -0.1) is 0 Å². The third-order valence-corrected chi connectivity index (χ3v) is 4.50. The van der Waals surface area contributed by atoms with E-state index in [1.165, 1.54) is 0 Å². The molecule has 0 spiro atoms. The van der Waals surface area contributed by atoms with Gasteiger partial charge in [0.1, 0.15) is 0 Å². The van der Waals surface area contributed by atoms with Crippen LogP contribution < -0.4 is 5.32 Å². The Hall–Kier alpha value is -1.59. The molecule has 2 amide bonds. The maximum absolute atomic E-state index is 12.3. The fraction of sp³-hybridized carbons (Fsp3) is 0.611. The Morgan fingerprint density at radius 3 is 2.43 bits per heavy atom. The molecule has 1 heterocycles. The number of aliphatic hydroxyl groups is 1. The molecule has 5 nitrogen and oxygen atoms in total. The van der Waals surface area contributed by atoms with Crippen molar-refractivity contribution < 1.29 is 9.90 Å². The quantitative estimate of drug-likeness (QED) is 0.842. The topological polar surface area (TPSA) is 55.8 Å². The zero-order valence-electron chi connectivity index (χ0n) is 14.2. The van der Waals surface area contributed by atoms with Gasteiger partial charge in [0.15, 0.2) is 0 Å². The zero-order valence-corrected chi connectivity index (χ0v) is 14.2. The van der Waals surface area contributed by atoms with Crippen molar-refractivity contribution in [2.45, 2.75) is 32.3 Å². The van der Waals surface area contributed by atoms with Crippen LogP contribution in [0.4, 0.5) is 4.79 Å². The first kappa shape index (κ1) is 17.8. The number of urea groups is 1. The highest BCUT2D eigenvalue weighted by molar-refractivity contribution is 5.74. The minimum absolute atomic E-state index is 0.00674. The number of aliphatic hydroxyl groups excluding tert-OH is 1. The molecule has 1 fully saturated rings. The van der Waals surface area contributed by atoms with E-state index in [-0.39, 0.29) is 18.1 Å². The minimum atomic E-state index is -0.384. The van der Waals surface area contributed by atoms with E-state index in [1.807, 2.05) is 23.1 Å². The van der Waals surface area contributed by atoms with E-state index >= 15 is 0 Å². The number of likely N-dealkylation sites (N-methyl/N-ethyl adjacent to an activating group) is 1. The third kappa shape index (κ3) is 5.52. The molecular formula is C18H29N3O2. The highest BCUT2D eigenvalue weighted by Crippen LogP contribution is 2.20. The van der Waals surface area contributed by atoms with E-state index < -0.39 is 0 Å². The van der Waals surface area contributed by atoms with Gasteiger partial charge in [-0.3, -0.25) is 0 Å². The van der Waals surface area contributed by atoms with Crippen molar-refractivity contribution in [2.75, 3.05) is 39.3 Å². The van der Waals surface area contributed by atoms with Crippen LogP contribution in [0.5, 0.6) is 0 Å². The Morgan fingerprint density at radius 1 is 1.22 bits per heavy atom. The SMILES string of the molecule is CCN1CCN(C(=O)NC[C@@H](C[C@H](C)O)c2ccccc2)CC1. The number of piperazine rings is 1. The molecule has 2 rings (SSSR count). The van der Waals surface area contributed by atoms with Crippen molar-refractivity contribution in [2.24, 2.45) is 0 Å². The van der Waals surface area contributed by atoms with Crippen LogP contribution >= 0.6 is 0 Å². The number of rotatable bonds is 6. The Balaban J connectivity index is 1.87. The predicted octanol–water partition coefficient (Wildman–Crippen LogP) is 1.89. The average molecular weight is 319 g/mol. The van der Waals surface area contributed by atoms with Gasteiger partial charge < -0.3 is 20.2 Å². The predicted molar refractivity (Wildman–Crippen MR) is 92.6 cm³/mol. The number of hydrogen-bond donors (Lipinski definition) is 2. The smallest absolute Gasteiger partial charge is 0.317 e. The molecule has 1 aliphatic rings. The van der Waals surface area contributed by atoms with Gasteiger partial charge in [-0.25, -0.2) is 4.79 Å². The van der Waals surface area contributed by atoms with Crippen LogP contribution in [0.3, 0.4) is 0 Å². The molecule has 2 N–H and O–H groups in total. The molecule has 2 atom stereocenters. The van der Waals surface area contributed by atoms with Crippen LogP contribution in [0.2, 0.25) is 0 Å². The molecule has 5 heteroatoms. The normalized spacial score (nSPS) is 18.5. The minimum Gasteiger partial charge on any atom is -0.393 e. The average Bonchev–Trinajstić information content (AvgIpc) is 2.59. The first-order chi connectivity index (χ1) is 11.1. The zero-order chi connectivity index (χ0) is 16.7. The van der Waals surface area contributed by atoms with Crippen LogP contribution in [-0.4, -0.2) is 66.3 Å². The Morgan fingerprint density at radius 2 is 1.87 bits per heavy atom. The van der Waals surface area contributed by atoms with Gasteiger partial charge >= 0.3 is 6.03 Å². The lowest BCUT2D eigenvalue weighted by Crippen LogP contribution is -2.52. The number of hydrogen-bond acceptors (Lipinski definition) is 3. The molecule has 0 bridgehead atoms. The summed E-state index contributed by atoms with van der Waals surface area (Å²) >= 11 is 0. The van der Waals surface area contributed by atoms with Crippen LogP contribution in [0.25, 0.3) is 0 Å². The van der Waals surface area contributed by atoms with E-state index in [9.17, 15) is 9.90 Å². The Labute approximate surface area is 139 Å². The Bertz CT molecular complexity index is 470. The van der Waals surface area contributed by atoms with Crippen molar-refractivity contribution in [3.05, 3.63) is 35.9 Å². The molecule has 0 aromatic heterocycles. The second kappa shape index (κ2) is 8.89. The summed E-state index contributed by atoms with van der Waals surface area (Å²) in [7, 11) is 0.